The Kier molecular flexibility index (Phi) is 4.79. The van der Waals surface area contributed by atoms with Gasteiger partial charge < -0.3 is 4.74 Å². The Morgan fingerprint density at radius 3 is 2.78 bits per heavy atom. The summed E-state index contributed by atoms with van der Waals surface area (Å²) < 4.78 is 6.49. The molecule has 1 amide bonds. The number of amides is 1. The molecule has 1 N–H and O–H groups in total. The summed E-state index contributed by atoms with van der Waals surface area (Å²) in [5.41, 5.74) is 2.13. The van der Waals surface area contributed by atoms with Crippen LogP contribution in [-0.4, -0.2) is 17.5 Å². The van der Waals surface area contributed by atoms with Crippen LogP contribution >= 0.6 is 22.9 Å². The van der Waals surface area contributed by atoms with Gasteiger partial charge in [0.1, 0.15) is 5.75 Å². The van der Waals surface area contributed by atoms with E-state index in [1.807, 2.05) is 12.1 Å². The van der Waals surface area contributed by atoms with Crippen molar-refractivity contribution in [2.24, 2.45) is 0 Å². The molecule has 0 radical (unpaired) electrons. The van der Waals surface area contributed by atoms with Gasteiger partial charge in [-0.3, -0.25) is 10.1 Å². The SMILES string of the molecule is CCc1cccc2sc(NC(=O)COc3ccc(Cl)cc3)nc12. The Morgan fingerprint density at radius 1 is 1.26 bits per heavy atom. The zero-order valence-electron chi connectivity index (χ0n) is 12.5. The van der Waals surface area contributed by atoms with Crippen LogP contribution in [0, 0.1) is 0 Å². The molecule has 0 aliphatic carbocycles. The number of para-hydroxylation sites is 1. The summed E-state index contributed by atoms with van der Waals surface area (Å²) in [6.45, 7) is 2.02. The summed E-state index contributed by atoms with van der Waals surface area (Å²) in [5.74, 6) is 0.360. The molecule has 3 aromatic rings. The molecule has 1 aromatic heterocycles. The summed E-state index contributed by atoms with van der Waals surface area (Å²) in [6, 6.07) is 12.9. The number of nitrogens with zero attached hydrogens (tertiary/aromatic N) is 1. The van der Waals surface area contributed by atoms with Gasteiger partial charge in [0.15, 0.2) is 11.7 Å². The minimum Gasteiger partial charge on any atom is -0.484 e. The van der Waals surface area contributed by atoms with Gasteiger partial charge in [0.25, 0.3) is 5.91 Å². The van der Waals surface area contributed by atoms with Crippen LogP contribution in [-0.2, 0) is 11.2 Å². The van der Waals surface area contributed by atoms with Gasteiger partial charge >= 0.3 is 0 Å². The van der Waals surface area contributed by atoms with E-state index in [1.165, 1.54) is 16.9 Å². The van der Waals surface area contributed by atoms with Crippen molar-refractivity contribution in [3.05, 3.63) is 53.1 Å². The quantitative estimate of drug-likeness (QED) is 0.738. The normalized spacial score (nSPS) is 10.7. The van der Waals surface area contributed by atoms with E-state index in [0.29, 0.717) is 15.9 Å². The van der Waals surface area contributed by atoms with Gasteiger partial charge in [-0.1, -0.05) is 42.0 Å². The van der Waals surface area contributed by atoms with E-state index in [0.717, 1.165) is 16.6 Å². The number of halogens is 1. The number of carbonyl (C=O) groups is 1. The molecule has 118 valence electrons. The first kappa shape index (κ1) is 15.8. The topological polar surface area (TPSA) is 51.2 Å². The van der Waals surface area contributed by atoms with Crippen LogP contribution in [0.15, 0.2) is 42.5 Å². The molecule has 23 heavy (non-hydrogen) atoms. The zero-order chi connectivity index (χ0) is 16.2. The molecule has 2 aromatic carbocycles. The molecule has 0 bridgehead atoms. The summed E-state index contributed by atoms with van der Waals surface area (Å²) >= 11 is 7.27. The van der Waals surface area contributed by atoms with E-state index < -0.39 is 0 Å². The number of aryl methyl sites for hydroxylation is 1. The Labute approximate surface area is 143 Å². The number of hydrogen-bond acceptors (Lipinski definition) is 4. The molecule has 4 nitrogen and oxygen atoms in total. The molecule has 0 aliphatic rings. The Hall–Kier alpha value is -2.11. The lowest BCUT2D eigenvalue weighted by atomic mass is 10.1. The second kappa shape index (κ2) is 6.98. The summed E-state index contributed by atoms with van der Waals surface area (Å²) in [7, 11) is 0. The molecule has 6 heteroatoms. The predicted molar refractivity (Wildman–Crippen MR) is 94.6 cm³/mol. The Bertz CT molecular complexity index is 830. The van der Waals surface area contributed by atoms with Crippen molar-refractivity contribution in [3.63, 3.8) is 0 Å². The molecular weight excluding hydrogens is 332 g/mol. The molecule has 0 atom stereocenters. The fraction of sp³-hybridized carbons (Fsp3) is 0.176. The van der Waals surface area contributed by atoms with E-state index in [9.17, 15) is 4.79 Å². The van der Waals surface area contributed by atoms with Crippen LogP contribution in [0.2, 0.25) is 5.02 Å². The fourth-order valence-electron chi connectivity index (χ4n) is 2.18. The van der Waals surface area contributed by atoms with Crippen LogP contribution in [0.5, 0.6) is 5.75 Å². The van der Waals surface area contributed by atoms with Gasteiger partial charge in [0.2, 0.25) is 0 Å². The first-order valence-corrected chi connectivity index (χ1v) is 8.42. The Balaban J connectivity index is 1.64. The standard InChI is InChI=1S/C17H15ClN2O2S/c1-2-11-4-3-5-14-16(11)20-17(23-14)19-15(21)10-22-13-8-6-12(18)7-9-13/h3-9H,2,10H2,1H3,(H,19,20,21). The maximum Gasteiger partial charge on any atom is 0.264 e. The molecule has 3 rings (SSSR count). The number of ether oxygens (including phenoxy) is 1. The highest BCUT2D eigenvalue weighted by Gasteiger charge is 2.10. The van der Waals surface area contributed by atoms with Crippen molar-refractivity contribution < 1.29 is 9.53 Å². The number of nitrogens with one attached hydrogen (secondary N) is 1. The molecule has 0 saturated carbocycles. The molecule has 0 spiro atoms. The number of carbonyl (C=O) groups excluding carboxylic acids is 1. The lowest BCUT2D eigenvalue weighted by Crippen LogP contribution is -2.19. The van der Waals surface area contributed by atoms with Crippen molar-refractivity contribution in [2.45, 2.75) is 13.3 Å². The lowest BCUT2D eigenvalue weighted by Gasteiger charge is -2.05. The maximum atomic E-state index is 12.0. The average molecular weight is 347 g/mol. The summed E-state index contributed by atoms with van der Waals surface area (Å²) in [6.07, 6.45) is 0.911. The third-order valence-electron chi connectivity index (χ3n) is 3.31. The first-order chi connectivity index (χ1) is 11.2. The molecule has 0 aliphatic heterocycles. The number of aromatic nitrogens is 1. The van der Waals surface area contributed by atoms with Gasteiger partial charge in [-0.05, 0) is 42.3 Å². The Morgan fingerprint density at radius 2 is 2.04 bits per heavy atom. The average Bonchev–Trinajstić information content (AvgIpc) is 2.96. The van der Waals surface area contributed by atoms with Crippen LogP contribution in [0.4, 0.5) is 5.13 Å². The third-order valence-corrected chi connectivity index (χ3v) is 4.50. The van der Waals surface area contributed by atoms with E-state index >= 15 is 0 Å². The fourth-order valence-corrected chi connectivity index (χ4v) is 3.24. The van der Waals surface area contributed by atoms with Gasteiger partial charge in [0.05, 0.1) is 10.2 Å². The van der Waals surface area contributed by atoms with E-state index in [4.69, 9.17) is 16.3 Å². The lowest BCUT2D eigenvalue weighted by molar-refractivity contribution is -0.118. The largest absolute Gasteiger partial charge is 0.484 e. The molecule has 0 unspecified atom stereocenters. The molecule has 0 saturated heterocycles. The van der Waals surface area contributed by atoms with Crippen molar-refractivity contribution in [1.82, 2.24) is 4.98 Å². The smallest absolute Gasteiger partial charge is 0.264 e. The second-order valence-electron chi connectivity index (χ2n) is 4.93. The van der Waals surface area contributed by atoms with E-state index in [-0.39, 0.29) is 12.5 Å². The summed E-state index contributed by atoms with van der Waals surface area (Å²) in [4.78, 5) is 16.5. The van der Waals surface area contributed by atoms with Crippen LogP contribution < -0.4 is 10.1 Å². The number of anilines is 1. The highest BCUT2D eigenvalue weighted by atomic mass is 35.5. The number of hydrogen-bond donors (Lipinski definition) is 1. The van der Waals surface area contributed by atoms with Gasteiger partial charge in [-0.25, -0.2) is 4.98 Å². The van der Waals surface area contributed by atoms with Gasteiger partial charge in [-0.15, -0.1) is 0 Å². The molecule has 0 fully saturated rings. The predicted octanol–water partition coefficient (Wildman–Crippen LogP) is 4.53. The number of benzene rings is 2. The maximum absolute atomic E-state index is 12.0. The minimum atomic E-state index is -0.239. The van der Waals surface area contributed by atoms with E-state index in [2.05, 4.69) is 23.3 Å². The summed E-state index contributed by atoms with van der Waals surface area (Å²) in [5, 5.41) is 4.00. The monoisotopic (exact) mass is 346 g/mol. The third kappa shape index (κ3) is 3.81. The minimum absolute atomic E-state index is 0.0712. The molecular formula is C17H15ClN2O2S. The van der Waals surface area contributed by atoms with Gasteiger partial charge in [-0.2, -0.15) is 0 Å². The van der Waals surface area contributed by atoms with Crippen LogP contribution in [0.25, 0.3) is 10.2 Å². The zero-order valence-corrected chi connectivity index (χ0v) is 14.1. The number of thiazole rings is 1. The highest BCUT2D eigenvalue weighted by molar-refractivity contribution is 7.22. The van der Waals surface area contributed by atoms with E-state index in [1.54, 1.807) is 24.3 Å². The van der Waals surface area contributed by atoms with Gasteiger partial charge in [0, 0.05) is 5.02 Å². The first-order valence-electron chi connectivity index (χ1n) is 7.22. The number of fused-ring (bicyclic) bond motifs is 1. The van der Waals surface area contributed by atoms with Crippen molar-refractivity contribution in [3.8, 4) is 5.75 Å². The second-order valence-corrected chi connectivity index (χ2v) is 6.39. The van der Waals surface area contributed by atoms with Crippen molar-refractivity contribution in [2.75, 3.05) is 11.9 Å². The number of rotatable bonds is 5. The highest BCUT2D eigenvalue weighted by Crippen LogP contribution is 2.28. The van der Waals surface area contributed by atoms with Crippen molar-refractivity contribution in [1.29, 1.82) is 0 Å². The van der Waals surface area contributed by atoms with Crippen molar-refractivity contribution >= 4 is 44.2 Å². The molecule has 1 heterocycles. The van der Waals surface area contributed by atoms with Crippen LogP contribution in [0.1, 0.15) is 12.5 Å². The van der Waals surface area contributed by atoms with Crippen LogP contribution in [0.3, 0.4) is 0 Å².